The van der Waals surface area contributed by atoms with Crippen LogP contribution in [0, 0.1) is 0 Å². The second-order valence-electron chi connectivity index (χ2n) is 3.46. The van der Waals surface area contributed by atoms with Gasteiger partial charge in [0.05, 0.1) is 18.1 Å². The molecule has 1 heterocycles. The number of benzene rings is 1. The molecule has 1 amide bonds. The van der Waals surface area contributed by atoms with Crippen LogP contribution in [0.4, 0.5) is 5.69 Å². The van der Waals surface area contributed by atoms with E-state index >= 15 is 0 Å². The van der Waals surface area contributed by atoms with E-state index in [0.717, 1.165) is 0 Å². The number of carbonyl (C=O) groups is 1. The lowest BCUT2D eigenvalue weighted by Gasteiger charge is -2.10. The zero-order valence-electron chi connectivity index (χ0n) is 9.55. The van der Waals surface area contributed by atoms with Gasteiger partial charge in [0, 0.05) is 6.92 Å². The number of para-hydroxylation sites is 2. The molecule has 1 N–H and O–H groups in total. The number of amides is 1. The van der Waals surface area contributed by atoms with Crippen LogP contribution in [0.25, 0.3) is 0 Å². The highest BCUT2D eigenvalue weighted by Crippen LogP contribution is 2.28. The normalized spacial score (nSPS) is 9.89. The molecule has 0 spiro atoms. The molecule has 0 aliphatic heterocycles. The summed E-state index contributed by atoms with van der Waals surface area (Å²) in [5.74, 6) is 0.563. The molecule has 0 aliphatic carbocycles. The van der Waals surface area contributed by atoms with Gasteiger partial charge < -0.3 is 10.1 Å². The van der Waals surface area contributed by atoms with E-state index in [4.69, 9.17) is 16.3 Å². The van der Waals surface area contributed by atoms with Gasteiger partial charge in [-0.15, -0.1) is 0 Å². The molecular formula is C12H10ClN3O2. The number of hydrogen-bond donors (Lipinski definition) is 1. The zero-order valence-corrected chi connectivity index (χ0v) is 10.3. The Balaban J connectivity index is 2.26. The summed E-state index contributed by atoms with van der Waals surface area (Å²) in [6.07, 6.45) is 2.85. The van der Waals surface area contributed by atoms with Crippen molar-refractivity contribution < 1.29 is 9.53 Å². The van der Waals surface area contributed by atoms with Gasteiger partial charge in [0.25, 0.3) is 0 Å². The SMILES string of the molecule is CC(=O)Nc1ccccc1Oc1cncc(Cl)n1. The van der Waals surface area contributed by atoms with Gasteiger partial charge in [-0.05, 0) is 12.1 Å². The first-order valence-electron chi connectivity index (χ1n) is 5.17. The average molecular weight is 264 g/mol. The Morgan fingerprint density at radius 1 is 1.33 bits per heavy atom. The minimum absolute atomic E-state index is 0.178. The maximum Gasteiger partial charge on any atom is 0.239 e. The number of nitrogens with one attached hydrogen (secondary N) is 1. The summed E-state index contributed by atoms with van der Waals surface area (Å²) in [5.41, 5.74) is 0.562. The smallest absolute Gasteiger partial charge is 0.239 e. The van der Waals surface area contributed by atoms with E-state index in [1.807, 2.05) is 0 Å². The van der Waals surface area contributed by atoms with Crippen LogP contribution >= 0.6 is 11.6 Å². The monoisotopic (exact) mass is 263 g/mol. The van der Waals surface area contributed by atoms with Crippen molar-refractivity contribution in [3.8, 4) is 11.6 Å². The number of halogens is 1. The highest BCUT2D eigenvalue weighted by Gasteiger charge is 2.06. The van der Waals surface area contributed by atoms with Crippen LogP contribution in [0.15, 0.2) is 36.7 Å². The van der Waals surface area contributed by atoms with Crippen molar-refractivity contribution in [2.75, 3.05) is 5.32 Å². The summed E-state index contributed by atoms with van der Waals surface area (Å²) >= 11 is 5.71. The van der Waals surface area contributed by atoms with Crippen LogP contribution in [0.5, 0.6) is 11.6 Å². The molecule has 6 heteroatoms. The Morgan fingerprint density at radius 2 is 2.11 bits per heavy atom. The van der Waals surface area contributed by atoms with Crippen molar-refractivity contribution in [1.82, 2.24) is 9.97 Å². The van der Waals surface area contributed by atoms with Gasteiger partial charge in [-0.2, -0.15) is 4.98 Å². The van der Waals surface area contributed by atoms with Crippen molar-refractivity contribution in [3.63, 3.8) is 0 Å². The van der Waals surface area contributed by atoms with Crippen LogP contribution in [0.1, 0.15) is 6.92 Å². The zero-order chi connectivity index (χ0) is 13.0. The molecule has 0 atom stereocenters. The Bertz CT molecular complexity index is 575. The van der Waals surface area contributed by atoms with Gasteiger partial charge in [-0.3, -0.25) is 9.78 Å². The van der Waals surface area contributed by atoms with E-state index < -0.39 is 0 Å². The second-order valence-corrected chi connectivity index (χ2v) is 3.85. The predicted octanol–water partition coefficient (Wildman–Crippen LogP) is 2.88. The van der Waals surface area contributed by atoms with Crippen LogP contribution < -0.4 is 10.1 Å². The molecule has 5 nitrogen and oxygen atoms in total. The lowest BCUT2D eigenvalue weighted by Crippen LogP contribution is -2.06. The molecular weight excluding hydrogens is 254 g/mol. The molecule has 1 aromatic carbocycles. The highest BCUT2D eigenvalue weighted by atomic mass is 35.5. The molecule has 18 heavy (non-hydrogen) atoms. The van der Waals surface area contributed by atoms with E-state index in [1.165, 1.54) is 19.3 Å². The van der Waals surface area contributed by atoms with Gasteiger partial charge >= 0.3 is 0 Å². The number of carbonyl (C=O) groups excluding carboxylic acids is 1. The molecule has 0 saturated heterocycles. The third-order valence-electron chi connectivity index (χ3n) is 2.00. The van der Waals surface area contributed by atoms with Crippen molar-refractivity contribution in [2.45, 2.75) is 6.92 Å². The first kappa shape index (κ1) is 12.3. The van der Waals surface area contributed by atoms with Crippen molar-refractivity contribution in [3.05, 3.63) is 41.8 Å². The maximum atomic E-state index is 11.1. The van der Waals surface area contributed by atoms with E-state index in [2.05, 4.69) is 15.3 Å². The molecule has 0 bridgehead atoms. The van der Waals surface area contributed by atoms with Crippen molar-refractivity contribution >= 4 is 23.2 Å². The highest BCUT2D eigenvalue weighted by molar-refractivity contribution is 6.29. The molecule has 2 rings (SSSR count). The summed E-state index contributed by atoms with van der Waals surface area (Å²) in [5, 5.41) is 2.90. The minimum atomic E-state index is -0.178. The molecule has 1 aromatic heterocycles. The third kappa shape index (κ3) is 3.18. The van der Waals surface area contributed by atoms with E-state index in [9.17, 15) is 4.79 Å². The first-order chi connectivity index (χ1) is 8.65. The lowest BCUT2D eigenvalue weighted by molar-refractivity contribution is -0.114. The van der Waals surface area contributed by atoms with E-state index in [1.54, 1.807) is 24.3 Å². The summed E-state index contributed by atoms with van der Waals surface area (Å²) in [6.45, 7) is 1.43. The number of nitrogens with zero attached hydrogens (tertiary/aromatic N) is 2. The third-order valence-corrected chi connectivity index (χ3v) is 2.18. The van der Waals surface area contributed by atoms with Crippen molar-refractivity contribution in [1.29, 1.82) is 0 Å². The molecule has 0 radical (unpaired) electrons. The fourth-order valence-corrected chi connectivity index (χ4v) is 1.48. The molecule has 0 saturated carbocycles. The second kappa shape index (κ2) is 5.46. The summed E-state index contributed by atoms with van der Waals surface area (Å²) in [7, 11) is 0. The van der Waals surface area contributed by atoms with Gasteiger partial charge in [0.1, 0.15) is 0 Å². The van der Waals surface area contributed by atoms with Crippen LogP contribution in [-0.4, -0.2) is 15.9 Å². The van der Waals surface area contributed by atoms with Gasteiger partial charge in [-0.25, -0.2) is 0 Å². The summed E-state index contributed by atoms with van der Waals surface area (Å²) in [4.78, 5) is 18.9. The number of hydrogen-bond acceptors (Lipinski definition) is 4. The average Bonchev–Trinajstić information content (AvgIpc) is 2.31. The topological polar surface area (TPSA) is 64.1 Å². The molecule has 0 fully saturated rings. The minimum Gasteiger partial charge on any atom is -0.435 e. The van der Waals surface area contributed by atoms with Gasteiger partial charge in [0.15, 0.2) is 10.9 Å². The summed E-state index contributed by atoms with van der Waals surface area (Å²) in [6, 6.07) is 7.03. The standard InChI is InChI=1S/C12H10ClN3O2/c1-8(17)15-9-4-2-3-5-10(9)18-12-7-14-6-11(13)16-12/h2-7H,1H3,(H,15,17). The molecule has 92 valence electrons. The predicted molar refractivity (Wildman–Crippen MR) is 67.9 cm³/mol. The summed E-state index contributed by atoms with van der Waals surface area (Å²) < 4.78 is 5.52. The van der Waals surface area contributed by atoms with Crippen LogP contribution in [-0.2, 0) is 4.79 Å². The van der Waals surface area contributed by atoms with Crippen molar-refractivity contribution in [2.24, 2.45) is 0 Å². The lowest BCUT2D eigenvalue weighted by atomic mass is 10.3. The van der Waals surface area contributed by atoms with Crippen LogP contribution in [0.3, 0.4) is 0 Å². The molecule has 0 aliphatic rings. The fourth-order valence-electron chi connectivity index (χ4n) is 1.34. The number of ether oxygens (including phenoxy) is 1. The number of anilines is 1. The maximum absolute atomic E-state index is 11.1. The fraction of sp³-hybridized carbons (Fsp3) is 0.0833. The Morgan fingerprint density at radius 3 is 2.83 bits per heavy atom. The van der Waals surface area contributed by atoms with E-state index in [-0.39, 0.29) is 16.9 Å². The largest absolute Gasteiger partial charge is 0.435 e. The molecule has 2 aromatic rings. The number of rotatable bonds is 3. The first-order valence-corrected chi connectivity index (χ1v) is 5.55. The van der Waals surface area contributed by atoms with Gasteiger partial charge in [0.2, 0.25) is 11.8 Å². The molecule has 0 unspecified atom stereocenters. The van der Waals surface area contributed by atoms with Gasteiger partial charge in [-0.1, -0.05) is 23.7 Å². The quantitative estimate of drug-likeness (QED) is 0.925. The van der Waals surface area contributed by atoms with E-state index in [0.29, 0.717) is 11.4 Å². The Labute approximate surface area is 109 Å². The Kier molecular flexibility index (Phi) is 3.74. The van der Waals surface area contributed by atoms with Crippen LogP contribution in [0.2, 0.25) is 5.15 Å². The Hall–Kier alpha value is -2.14. The number of aromatic nitrogens is 2.